The van der Waals surface area contributed by atoms with Gasteiger partial charge in [-0.2, -0.15) is 0 Å². The molecule has 0 radical (unpaired) electrons. The van der Waals surface area contributed by atoms with Crippen molar-refractivity contribution in [2.75, 3.05) is 5.32 Å². The highest BCUT2D eigenvalue weighted by atomic mass is 35.5. The minimum atomic E-state index is -0.242. The van der Waals surface area contributed by atoms with E-state index < -0.39 is 0 Å². The second-order valence-electron chi connectivity index (χ2n) is 6.25. The van der Waals surface area contributed by atoms with E-state index >= 15 is 0 Å². The van der Waals surface area contributed by atoms with Gasteiger partial charge in [0.25, 0.3) is 0 Å². The monoisotopic (exact) mass is 281 g/mol. The molecule has 3 rings (SSSR count). The summed E-state index contributed by atoms with van der Waals surface area (Å²) in [5.41, 5.74) is 1.23. The van der Waals surface area contributed by atoms with Gasteiger partial charge in [-0.05, 0) is 62.1 Å². The van der Waals surface area contributed by atoms with Gasteiger partial charge in [-0.3, -0.25) is 0 Å². The second-order valence-corrected chi connectivity index (χ2v) is 6.69. The third kappa shape index (κ3) is 2.89. The number of anilines is 1. The van der Waals surface area contributed by atoms with E-state index in [-0.39, 0.29) is 5.82 Å². The Hall–Kier alpha value is -0.760. The topological polar surface area (TPSA) is 12.0 Å². The van der Waals surface area contributed by atoms with Crippen LogP contribution in [0.3, 0.4) is 0 Å². The molecular formula is C16H21ClFN. The normalized spacial score (nSPS) is 22.8. The molecule has 2 aliphatic carbocycles. The van der Waals surface area contributed by atoms with E-state index in [0.717, 1.165) is 0 Å². The van der Waals surface area contributed by atoms with E-state index in [2.05, 4.69) is 5.32 Å². The highest BCUT2D eigenvalue weighted by molar-refractivity contribution is 6.30. The summed E-state index contributed by atoms with van der Waals surface area (Å²) < 4.78 is 13.8. The summed E-state index contributed by atoms with van der Waals surface area (Å²) in [6.45, 7) is 0. The van der Waals surface area contributed by atoms with Crippen LogP contribution in [0, 0.1) is 11.2 Å². The fourth-order valence-corrected chi connectivity index (χ4v) is 3.98. The van der Waals surface area contributed by atoms with Crippen LogP contribution in [0.5, 0.6) is 0 Å². The first kappa shape index (κ1) is 13.2. The Morgan fingerprint density at radius 3 is 2.42 bits per heavy atom. The Morgan fingerprint density at radius 1 is 1.11 bits per heavy atom. The Kier molecular flexibility index (Phi) is 3.70. The van der Waals surface area contributed by atoms with Gasteiger partial charge in [-0.25, -0.2) is 4.39 Å². The summed E-state index contributed by atoms with van der Waals surface area (Å²) in [4.78, 5) is 0. The summed E-state index contributed by atoms with van der Waals surface area (Å²) in [6, 6.07) is 5.29. The number of nitrogens with one attached hydrogen (secondary N) is 1. The van der Waals surface area contributed by atoms with Crippen LogP contribution in [0.25, 0.3) is 0 Å². The highest BCUT2D eigenvalue weighted by Gasteiger charge is 2.37. The molecule has 1 aromatic carbocycles. The maximum atomic E-state index is 13.8. The van der Waals surface area contributed by atoms with Crippen molar-refractivity contribution in [3.63, 3.8) is 0 Å². The molecule has 19 heavy (non-hydrogen) atoms. The summed E-state index contributed by atoms with van der Waals surface area (Å²) in [6.07, 6.45) is 10.6. The molecule has 1 spiro atoms. The van der Waals surface area contributed by atoms with Gasteiger partial charge in [-0.1, -0.05) is 24.4 Å². The largest absolute Gasteiger partial charge is 0.380 e. The Labute approximate surface area is 119 Å². The van der Waals surface area contributed by atoms with Crippen molar-refractivity contribution in [3.8, 4) is 0 Å². The molecule has 1 nitrogen and oxygen atoms in total. The molecule has 2 aliphatic rings. The zero-order chi connectivity index (χ0) is 13.3. The van der Waals surface area contributed by atoms with Crippen LogP contribution in [0.1, 0.15) is 51.4 Å². The highest BCUT2D eigenvalue weighted by Crippen LogP contribution is 2.49. The number of hydrogen-bond donors (Lipinski definition) is 1. The van der Waals surface area contributed by atoms with E-state index in [0.29, 0.717) is 22.2 Å². The van der Waals surface area contributed by atoms with E-state index in [1.54, 1.807) is 12.1 Å². The molecule has 0 saturated heterocycles. The van der Waals surface area contributed by atoms with Crippen molar-refractivity contribution in [3.05, 3.63) is 29.0 Å². The van der Waals surface area contributed by atoms with Crippen molar-refractivity contribution in [2.45, 2.75) is 57.4 Å². The maximum Gasteiger partial charge on any atom is 0.147 e. The third-order valence-electron chi connectivity index (χ3n) is 5.00. The van der Waals surface area contributed by atoms with Gasteiger partial charge in [0.15, 0.2) is 0 Å². The zero-order valence-electron chi connectivity index (χ0n) is 11.2. The van der Waals surface area contributed by atoms with E-state index in [4.69, 9.17) is 11.6 Å². The van der Waals surface area contributed by atoms with Crippen LogP contribution < -0.4 is 5.32 Å². The Bertz CT molecular complexity index is 444. The smallest absolute Gasteiger partial charge is 0.147 e. The van der Waals surface area contributed by atoms with Gasteiger partial charge < -0.3 is 5.32 Å². The first-order chi connectivity index (χ1) is 9.17. The lowest BCUT2D eigenvalue weighted by Gasteiger charge is -2.37. The number of rotatable bonds is 2. The van der Waals surface area contributed by atoms with Gasteiger partial charge in [0, 0.05) is 11.1 Å². The first-order valence-corrected chi connectivity index (χ1v) is 7.76. The Morgan fingerprint density at radius 2 is 1.79 bits per heavy atom. The molecular weight excluding hydrogens is 261 g/mol. The lowest BCUT2D eigenvalue weighted by molar-refractivity contribution is 0.188. The van der Waals surface area contributed by atoms with E-state index in [1.807, 2.05) is 0 Å². The van der Waals surface area contributed by atoms with Gasteiger partial charge in [-0.15, -0.1) is 0 Å². The van der Waals surface area contributed by atoms with Crippen molar-refractivity contribution < 1.29 is 4.39 Å². The quantitative estimate of drug-likeness (QED) is 0.766. The molecule has 1 N–H and O–H groups in total. The molecule has 2 fully saturated rings. The lowest BCUT2D eigenvalue weighted by Crippen LogP contribution is -2.31. The Balaban J connectivity index is 1.60. The average Bonchev–Trinajstić information content (AvgIpc) is 2.84. The number of hydrogen-bond acceptors (Lipinski definition) is 1. The minimum Gasteiger partial charge on any atom is -0.380 e. The van der Waals surface area contributed by atoms with Gasteiger partial charge >= 0.3 is 0 Å². The average molecular weight is 282 g/mol. The SMILES string of the molecule is Fc1cc(Cl)ccc1NC1CCC2(CCCC2)CC1. The van der Waals surface area contributed by atoms with Crippen molar-refractivity contribution in [2.24, 2.45) is 5.41 Å². The molecule has 0 aromatic heterocycles. The maximum absolute atomic E-state index is 13.8. The molecule has 3 heteroatoms. The molecule has 0 amide bonds. The van der Waals surface area contributed by atoms with Gasteiger partial charge in [0.2, 0.25) is 0 Å². The molecule has 1 aromatic rings. The minimum absolute atomic E-state index is 0.242. The van der Waals surface area contributed by atoms with Crippen molar-refractivity contribution in [1.82, 2.24) is 0 Å². The second kappa shape index (κ2) is 5.32. The summed E-state index contributed by atoms with van der Waals surface area (Å²) in [7, 11) is 0. The molecule has 0 bridgehead atoms. The lowest BCUT2D eigenvalue weighted by atomic mass is 9.71. The molecule has 0 atom stereocenters. The molecule has 104 valence electrons. The van der Waals surface area contributed by atoms with Crippen molar-refractivity contribution >= 4 is 17.3 Å². The van der Waals surface area contributed by atoms with Crippen LogP contribution in [0.15, 0.2) is 18.2 Å². The summed E-state index contributed by atoms with van der Waals surface area (Å²) >= 11 is 5.77. The molecule has 0 heterocycles. The van der Waals surface area contributed by atoms with E-state index in [9.17, 15) is 4.39 Å². The van der Waals surface area contributed by atoms with Gasteiger partial charge in [0.1, 0.15) is 5.82 Å². The van der Waals surface area contributed by atoms with Crippen LogP contribution in [0.4, 0.5) is 10.1 Å². The number of benzene rings is 1. The summed E-state index contributed by atoms with van der Waals surface area (Å²) in [5, 5.41) is 3.80. The van der Waals surface area contributed by atoms with Crippen LogP contribution >= 0.6 is 11.6 Å². The fourth-order valence-electron chi connectivity index (χ4n) is 3.83. The van der Waals surface area contributed by atoms with E-state index in [1.165, 1.54) is 57.4 Å². The van der Waals surface area contributed by atoms with Crippen LogP contribution in [-0.2, 0) is 0 Å². The molecule has 2 saturated carbocycles. The molecule has 0 unspecified atom stereocenters. The van der Waals surface area contributed by atoms with Gasteiger partial charge in [0.05, 0.1) is 5.69 Å². The third-order valence-corrected chi connectivity index (χ3v) is 5.24. The zero-order valence-corrected chi connectivity index (χ0v) is 12.0. The fraction of sp³-hybridized carbons (Fsp3) is 0.625. The van der Waals surface area contributed by atoms with Crippen molar-refractivity contribution in [1.29, 1.82) is 0 Å². The first-order valence-electron chi connectivity index (χ1n) is 7.39. The van der Waals surface area contributed by atoms with Crippen LogP contribution in [0.2, 0.25) is 5.02 Å². The summed E-state index contributed by atoms with van der Waals surface area (Å²) in [5.74, 6) is -0.242. The number of halogens is 2. The predicted octanol–water partition coefficient (Wildman–Crippen LogP) is 5.39. The standard InChI is InChI=1S/C16H21ClFN/c17-12-3-4-15(14(18)11-12)19-13-5-9-16(10-6-13)7-1-2-8-16/h3-4,11,13,19H,1-2,5-10H2. The van der Waals surface area contributed by atoms with Crippen LogP contribution in [-0.4, -0.2) is 6.04 Å². The molecule has 0 aliphatic heterocycles. The predicted molar refractivity (Wildman–Crippen MR) is 78.2 cm³/mol.